The van der Waals surface area contributed by atoms with E-state index in [9.17, 15) is 0 Å². The third kappa shape index (κ3) is 2.33. The number of nitrogens with zero attached hydrogens (tertiary/aromatic N) is 1. The first kappa shape index (κ1) is 12.8. The Labute approximate surface area is 121 Å². The molecule has 1 aromatic heterocycles. The molecular formula is C14H14Cl2N2O. The van der Waals surface area contributed by atoms with Crippen molar-refractivity contribution in [2.75, 3.05) is 5.73 Å². The molecule has 2 N–H and O–H groups in total. The van der Waals surface area contributed by atoms with Crippen molar-refractivity contribution in [1.82, 2.24) is 5.16 Å². The van der Waals surface area contributed by atoms with Crippen LogP contribution in [0.5, 0.6) is 0 Å². The predicted octanol–water partition coefficient (Wildman–Crippen LogP) is 4.74. The number of aromatic nitrogens is 1. The first-order chi connectivity index (χ1) is 9.08. The zero-order valence-electron chi connectivity index (χ0n) is 10.5. The summed E-state index contributed by atoms with van der Waals surface area (Å²) in [5.41, 5.74) is 8.44. The molecule has 5 heteroatoms. The van der Waals surface area contributed by atoms with Gasteiger partial charge in [-0.05, 0) is 30.9 Å². The summed E-state index contributed by atoms with van der Waals surface area (Å²) in [6, 6.07) is 5.36. The highest BCUT2D eigenvalue weighted by Gasteiger charge is 2.34. The molecule has 0 bridgehead atoms. The summed E-state index contributed by atoms with van der Waals surface area (Å²) in [5, 5.41) is 5.28. The van der Waals surface area contributed by atoms with Gasteiger partial charge in [-0.1, -0.05) is 41.3 Å². The monoisotopic (exact) mass is 296 g/mol. The van der Waals surface area contributed by atoms with Crippen molar-refractivity contribution in [2.45, 2.75) is 25.7 Å². The fraction of sp³-hybridized carbons (Fsp3) is 0.357. The van der Waals surface area contributed by atoms with Crippen molar-refractivity contribution >= 4 is 29.1 Å². The van der Waals surface area contributed by atoms with Gasteiger partial charge in [0.15, 0.2) is 0 Å². The third-order valence-electron chi connectivity index (χ3n) is 3.71. The van der Waals surface area contributed by atoms with Crippen molar-refractivity contribution < 1.29 is 4.52 Å². The lowest BCUT2D eigenvalue weighted by Gasteiger charge is -2.10. The third-order valence-corrected chi connectivity index (χ3v) is 4.25. The molecule has 3 nitrogen and oxygen atoms in total. The Kier molecular flexibility index (Phi) is 3.19. The second kappa shape index (κ2) is 4.73. The summed E-state index contributed by atoms with van der Waals surface area (Å²) in [6.07, 6.45) is 2.48. The SMILES string of the molecule is CC(c1noc(N)c1-c1ccc(Cl)cc1Cl)C1CC1. The number of nitrogen functional groups attached to an aromatic ring is 1. The smallest absolute Gasteiger partial charge is 0.230 e. The number of halogens is 2. The zero-order valence-corrected chi connectivity index (χ0v) is 12.0. The maximum Gasteiger partial charge on any atom is 0.230 e. The predicted molar refractivity (Wildman–Crippen MR) is 77.5 cm³/mol. The Morgan fingerprint density at radius 2 is 2.11 bits per heavy atom. The van der Waals surface area contributed by atoms with Crippen LogP contribution in [0.15, 0.2) is 22.7 Å². The van der Waals surface area contributed by atoms with Crippen LogP contribution in [0.3, 0.4) is 0 Å². The van der Waals surface area contributed by atoms with Crippen LogP contribution in [0.25, 0.3) is 11.1 Å². The van der Waals surface area contributed by atoms with Gasteiger partial charge in [0.1, 0.15) is 0 Å². The minimum atomic E-state index is 0.312. The lowest BCUT2D eigenvalue weighted by Crippen LogP contribution is -1.99. The van der Waals surface area contributed by atoms with Gasteiger partial charge in [-0.15, -0.1) is 0 Å². The Morgan fingerprint density at radius 1 is 1.37 bits per heavy atom. The Morgan fingerprint density at radius 3 is 2.74 bits per heavy atom. The molecule has 1 unspecified atom stereocenters. The number of rotatable bonds is 3. The molecule has 1 atom stereocenters. The molecule has 0 amide bonds. The van der Waals surface area contributed by atoms with Crippen LogP contribution in [0.1, 0.15) is 31.4 Å². The molecule has 1 aliphatic carbocycles. The van der Waals surface area contributed by atoms with E-state index in [1.54, 1.807) is 12.1 Å². The zero-order chi connectivity index (χ0) is 13.6. The van der Waals surface area contributed by atoms with E-state index in [1.165, 1.54) is 12.8 Å². The molecule has 19 heavy (non-hydrogen) atoms. The van der Waals surface area contributed by atoms with Gasteiger partial charge in [-0.25, -0.2) is 0 Å². The van der Waals surface area contributed by atoms with E-state index in [4.69, 9.17) is 33.5 Å². The number of hydrogen-bond donors (Lipinski definition) is 1. The second-order valence-corrected chi connectivity index (χ2v) is 5.90. The quantitative estimate of drug-likeness (QED) is 0.889. The van der Waals surface area contributed by atoms with Gasteiger partial charge in [0.05, 0.1) is 16.3 Å². The fourth-order valence-electron chi connectivity index (χ4n) is 2.41. The maximum absolute atomic E-state index is 6.26. The highest BCUT2D eigenvalue weighted by Crippen LogP contribution is 2.47. The second-order valence-electron chi connectivity index (χ2n) is 5.06. The minimum Gasteiger partial charge on any atom is -0.367 e. The van der Waals surface area contributed by atoms with E-state index in [-0.39, 0.29) is 0 Å². The molecule has 1 fully saturated rings. The lowest BCUT2D eigenvalue weighted by atomic mass is 9.95. The van der Waals surface area contributed by atoms with Crippen LogP contribution in [0, 0.1) is 5.92 Å². The molecule has 1 aliphatic rings. The molecule has 0 aliphatic heterocycles. The molecule has 0 saturated heterocycles. The average Bonchev–Trinajstić information content (AvgIpc) is 3.14. The highest BCUT2D eigenvalue weighted by atomic mass is 35.5. The largest absolute Gasteiger partial charge is 0.367 e. The van der Waals surface area contributed by atoms with Crippen LogP contribution in [0.2, 0.25) is 10.0 Å². The van der Waals surface area contributed by atoms with Gasteiger partial charge >= 0.3 is 0 Å². The average molecular weight is 297 g/mol. The molecule has 3 rings (SSSR count). The van der Waals surface area contributed by atoms with Crippen molar-refractivity contribution in [1.29, 1.82) is 0 Å². The van der Waals surface area contributed by atoms with Gasteiger partial charge in [-0.2, -0.15) is 0 Å². The van der Waals surface area contributed by atoms with E-state index in [2.05, 4.69) is 12.1 Å². The maximum atomic E-state index is 6.26. The van der Waals surface area contributed by atoms with Crippen molar-refractivity contribution in [2.24, 2.45) is 5.92 Å². The standard InChI is InChI=1S/C14H14Cl2N2O/c1-7(8-2-3-8)13-12(14(17)19-18-13)10-5-4-9(15)6-11(10)16/h4-8H,2-3,17H2,1H3. The normalized spacial score (nSPS) is 16.6. The van der Waals surface area contributed by atoms with Gasteiger partial charge in [0.2, 0.25) is 5.88 Å². The topological polar surface area (TPSA) is 52.0 Å². The molecule has 1 aromatic carbocycles. The molecule has 100 valence electrons. The van der Waals surface area contributed by atoms with Crippen LogP contribution in [-0.2, 0) is 0 Å². The summed E-state index contributed by atoms with van der Waals surface area (Å²) in [4.78, 5) is 0. The number of anilines is 1. The highest BCUT2D eigenvalue weighted by molar-refractivity contribution is 6.36. The van der Waals surface area contributed by atoms with Gasteiger partial charge in [0.25, 0.3) is 0 Å². The Bertz CT molecular complexity index is 620. The molecule has 2 aromatic rings. The molecule has 1 saturated carbocycles. The van der Waals surface area contributed by atoms with E-state index in [0.29, 0.717) is 27.8 Å². The summed E-state index contributed by atoms with van der Waals surface area (Å²) >= 11 is 12.2. The van der Waals surface area contributed by atoms with Gasteiger partial charge < -0.3 is 10.3 Å². The fourth-order valence-corrected chi connectivity index (χ4v) is 2.91. The van der Waals surface area contributed by atoms with Crippen molar-refractivity contribution in [3.63, 3.8) is 0 Å². The Hall–Kier alpha value is -1.19. The summed E-state index contributed by atoms with van der Waals surface area (Å²) < 4.78 is 5.17. The molecule has 1 heterocycles. The molecule has 0 radical (unpaired) electrons. The first-order valence-electron chi connectivity index (χ1n) is 6.28. The first-order valence-corrected chi connectivity index (χ1v) is 7.04. The van der Waals surface area contributed by atoms with Crippen LogP contribution in [-0.4, -0.2) is 5.16 Å². The van der Waals surface area contributed by atoms with Crippen LogP contribution >= 0.6 is 23.2 Å². The van der Waals surface area contributed by atoms with Gasteiger partial charge in [0, 0.05) is 16.5 Å². The van der Waals surface area contributed by atoms with E-state index >= 15 is 0 Å². The minimum absolute atomic E-state index is 0.312. The van der Waals surface area contributed by atoms with E-state index < -0.39 is 0 Å². The Balaban J connectivity index is 2.10. The summed E-state index contributed by atoms with van der Waals surface area (Å²) in [7, 11) is 0. The van der Waals surface area contributed by atoms with Crippen LogP contribution < -0.4 is 5.73 Å². The van der Waals surface area contributed by atoms with E-state index in [1.807, 2.05) is 6.07 Å². The van der Waals surface area contributed by atoms with Crippen molar-refractivity contribution in [3.05, 3.63) is 33.9 Å². The van der Waals surface area contributed by atoms with Crippen molar-refractivity contribution in [3.8, 4) is 11.1 Å². The van der Waals surface area contributed by atoms with E-state index in [0.717, 1.165) is 16.8 Å². The lowest BCUT2D eigenvalue weighted by molar-refractivity contribution is 0.417. The summed E-state index contributed by atoms with van der Waals surface area (Å²) in [6.45, 7) is 2.16. The van der Waals surface area contributed by atoms with Crippen LogP contribution in [0.4, 0.5) is 5.88 Å². The summed E-state index contributed by atoms with van der Waals surface area (Å²) in [5.74, 6) is 1.32. The number of hydrogen-bond acceptors (Lipinski definition) is 3. The number of benzene rings is 1. The number of nitrogens with two attached hydrogens (primary N) is 1. The van der Waals surface area contributed by atoms with Gasteiger partial charge in [-0.3, -0.25) is 0 Å². The molecule has 0 spiro atoms. The molecular weight excluding hydrogens is 283 g/mol.